The van der Waals surface area contributed by atoms with Crippen LogP contribution in [0.2, 0.25) is 0 Å². The van der Waals surface area contributed by atoms with Gasteiger partial charge in [-0.15, -0.1) is 0 Å². The van der Waals surface area contributed by atoms with Gasteiger partial charge in [-0.1, -0.05) is 12.8 Å². The molecular weight excluding hydrogens is 226 g/mol. The monoisotopic (exact) mass is 245 g/mol. The lowest BCUT2D eigenvalue weighted by Gasteiger charge is -2.30. The Kier molecular flexibility index (Phi) is 4.06. The van der Waals surface area contributed by atoms with Gasteiger partial charge in [-0.05, 0) is 25.0 Å². The number of benzene rings is 1. The first-order chi connectivity index (χ1) is 8.74. The minimum atomic E-state index is 0.163. The van der Waals surface area contributed by atoms with Crippen molar-refractivity contribution in [1.29, 1.82) is 5.26 Å². The Balaban J connectivity index is 2.18. The van der Waals surface area contributed by atoms with Crippen molar-refractivity contribution in [2.24, 2.45) is 5.73 Å². The molecule has 4 heteroatoms. The summed E-state index contributed by atoms with van der Waals surface area (Å²) in [6.45, 7) is 0. The van der Waals surface area contributed by atoms with Crippen LogP contribution in [0.3, 0.4) is 0 Å². The largest absolute Gasteiger partial charge is 0.497 e. The molecule has 1 saturated carbocycles. The van der Waals surface area contributed by atoms with E-state index in [1.54, 1.807) is 19.2 Å². The number of hydrogen-bond acceptors (Lipinski definition) is 4. The first-order valence-electron chi connectivity index (χ1n) is 6.35. The lowest BCUT2D eigenvalue weighted by atomic mass is 9.90. The Morgan fingerprint density at radius 2 is 2.17 bits per heavy atom. The highest BCUT2D eigenvalue weighted by Gasteiger charge is 2.22. The van der Waals surface area contributed by atoms with Crippen LogP contribution in [0, 0.1) is 11.3 Å². The molecule has 0 aromatic heterocycles. The molecule has 0 heterocycles. The van der Waals surface area contributed by atoms with Crippen LogP contribution in [0.25, 0.3) is 0 Å². The maximum absolute atomic E-state index is 9.12. The van der Waals surface area contributed by atoms with Crippen molar-refractivity contribution in [2.45, 2.75) is 37.8 Å². The first-order valence-corrected chi connectivity index (χ1v) is 6.35. The second-order valence-electron chi connectivity index (χ2n) is 4.72. The summed E-state index contributed by atoms with van der Waals surface area (Å²) in [4.78, 5) is 0. The highest BCUT2D eigenvalue weighted by Crippen LogP contribution is 2.26. The number of nitrogens with two attached hydrogens (primary N) is 1. The normalized spacial score (nSPS) is 23.2. The van der Waals surface area contributed by atoms with Gasteiger partial charge in [0.25, 0.3) is 0 Å². The lowest BCUT2D eigenvalue weighted by Crippen LogP contribution is -2.42. The Bertz CT molecular complexity index is 453. The quantitative estimate of drug-likeness (QED) is 0.856. The first kappa shape index (κ1) is 12.7. The van der Waals surface area contributed by atoms with Crippen molar-refractivity contribution in [1.82, 2.24) is 0 Å². The molecule has 0 aliphatic heterocycles. The van der Waals surface area contributed by atoms with E-state index in [4.69, 9.17) is 15.7 Å². The molecule has 1 aliphatic carbocycles. The van der Waals surface area contributed by atoms with E-state index < -0.39 is 0 Å². The van der Waals surface area contributed by atoms with E-state index in [2.05, 4.69) is 11.4 Å². The van der Waals surface area contributed by atoms with Crippen molar-refractivity contribution in [3.05, 3.63) is 23.8 Å². The van der Waals surface area contributed by atoms with Gasteiger partial charge in [-0.3, -0.25) is 0 Å². The second-order valence-corrected chi connectivity index (χ2v) is 4.72. The van der Waals surface area contributed by atoms with E-state index >= 15 is 0 Å². The van der Waals surface area contributed by atoms with Crippen LogP contribution in [0.5, 0.6) is 5.75 Å². The van der Waals surface area contributed by atoms with E-state index in [-0.39, 0.29) is 12.1 Å². The molecule has 1 aliphatic rings. The van der Waals surface area contributed by atoms with E-state index in [9.17, 15) is 0 Å². The predicted octanol–water partition coefficient (Wildman–Crippen LogP) is 2.25. The maximum Gasteiger partial charge on any atom is 0.121 e. The Morgan fingerprint density at radius 1 is 1.39 bits per heavy atom. The third kappa shape index (κ3) is 2.74. The van der Waals surface area contributed by atoms with Crippen LogP contribution in [-0.4, -0.2) is 19.2 Å². The minimum Gasteiger partial charge on any atom is -0.497 e. The topological polar surface area (TPSA) is 71.1 Å². The molecule has 0 amide bonds. The molecule has 2 atom stereocenters. The standard InChI is InChI=1S/C14H19N3O/c1-18-11-7-6-10(9-15)14(8-11)17-13-5-3-2-4-12(13)16/h6-8,12-13,17H,2-5,16H2,1H3/t12-,13-/m1/s1. The van der Waals surface area contributed by atoms with Crippen molar-refractivity contribution in [3.8, 4) is 11.8 Å². The second kappa shape index (κ2) is 5.74. The molecule has 18 heavy (non-hydrogen) atoms. The number of hydrogen-bond donors (Lipinski definition) is 2. The summed E-state index contributed by atoms with van der Waals surface area (Å²) in [5, 5.41) is 12.5. The Morgan fingerprint density at radius 3 is 2.83 bits per heavy atom. The summed E-state index contributed by atoms with van der Waals surface area (Å²) < 4.78 is 5.19. The molecule has 1 aromatic carbocycles. The molecule has 0 unspecified atom stereocenters. The summed E-state index contributed by atoms with van der Waals surface area (Å²) in [6.07, 6.45) is 4.49. The summed E-state index contributed by atoms with van der Waals surface area (Å²) >= 11 is 0. The van der Waals surface area contributed by atoms with Gasteiger partial charge in [0.2, 0.25) is 0 Å². The summed E-state index contributed by atoms with van der Waals surface area (Å²) in [6, 6.07) is 8.03. The zero-order chi connectivity index (χ0) is 13.0. The summed E-state index contributed by atoms with van der Waals surface area (Å²) in [5.74, 6) is 0.751. The molecule has 0 radical (unpaired) electrons. The van der Waals surface area contributed by atoms with Crippen LogP contribution < -0.4 is 15.8 Å². The average molecular weight is 245 g/mol. The van der Waals surface area contributed by atoms with Crippen LogP contribution in [0.15, 0.2) is 18.2 Å². The molecular formula is C14H19N3O. The van der Waals surface area contributed by atoms with Crippen LogP contribution in [0.1, 0.15) is 31.2 Å². The van der Waals surface area contributed by atoms with Crippen molar-refractivity contribution in [2.75, 3.05) is 12.4 Å². The Hall–Kier alpha value is -1.73. The third-order valence-electron chi connectivity index (χ3n) is 3.51. The highest BCUT2D eigenvalue weighted by atomic mass is 16.5. The van der Waals surface area contributed by atoms with E-state index in [1.165, 1.54) is 12.8 Å². The van der Waals surface area contributed by atoms with Gasteiger partial charge in [-0.2, -0.15) is 5.26 Å². The highest BCUT2D eigenvalue weighted by molar-refractivity contribution is 5.61. The van der Waals surface area contributed by atoms with Gasteiger partial charge in [0.05, 0.1) is 18.4 Å². The molecule has 0 saturated heterocycles. The molecule has 0 bridgehead atoms. The van der Waals surface area contributed by atoms with Crippen molar-refractivity contribution in [3.63, 3.8) is 0 Å². The Labute approximate surface area is 108 Å². The fraction of sp³-hybridized carbons (Fsp3) is 0.500. The molecule has 4 nitrogen and oxygen atoms in total. The molecule has 1 aromatic rings. The zero-order valence-electron chi connectivity index (χ0n) is 10.6. The van der Waals surface area contributed by atoms with Crippen LogP contribution in [0.4, 0.5) is 5.69 Å². The fourth-order valence-corrected chi connectivity index (χ4v) is 2.41. The zero-order valence-corrected chi connectivity index (χ0v) is 10.6. The third-order valence-corrected chi connectivity index (χ3v) is 3.51. The number of ether oxygens (including phenoxy) is 1. The minimum absolute atomic E-state index is 0.163. The average Bonchev–Trinajstić information content (AvgIpc) is 2.41. The van der Waals surface area contributed by atoms with Gasteiger partial charge in [0.1, 0.15) is 11.8 Å². The molecule has 96 valence electrons. The smallest absolute Gasteiger partial charge is 0.121 e. The van der Waals surface area contributed by atoms with Crippen molar-refractivity contribution >= 4 is 5.69 Å². The number of methoxy groups -OCH3 is 1. The SMILES string of the molecule is COc1ccc(C#N)c(N[C@@H]2CCCC[C@H]2N)c1. The number of nitriles is 1. The number of nitrogens with one attached hydrogen (secondary N) is 1. The maximum atomic E-state index is 9.12. The van der Waals surface area contributed by atoms with E-state index in [0.29, 0.717) is 5.56 Å². The molecule has 0 spiro atoms. The number of rotatable bonds is 3. The van der Waals surface area contributed by atoms with Gasteiger partial charge in [-0.25, -0.2) is 0 Å². The lowest BCUT2D eigenvalue weighted by molar-refractivity contribution is 0.402. The molecule has 2 rings (SSSR count). The summed E-state index contributed by atoms with van der Waals surface area (Å²) in [5.41, 5.74) is 7.56. The molecule has 3 N–H and O–H groups in total. The predicted molar refractivity (Wildman–Crippen MR) is 71.6 cm³/mol. The van der Waals surface area contributed by atoms with Crippen molar-refractivity contribution < 1.29 is 4.74 Å². The summed E-state index contributed by atoms with van der Waals surface area (Å²) in [7, 11) is 1.62. The number of nitrogens with zero attached hydrogens (tertiary/aromatic N) is 1. The van der Waals surface area contributed by atoms with Gasteiger partial charge in [0.15, 0.2) is 0 Å². The fourth-order valence-electron chi connectivity index (χ4n) is 2.41. The van der Waals surface area contributed by atoms with E-state index in [0.717, 1.165) is 24.3 Å². The van der Waals surface area contributed by atoms with Gasteiger partial charge >= 0.3 is 0 Å². The number of anilines is 1. The van der Waals surface area contributed by atoms with Gasteiger partial charge in [0, 0.05) is 18.2 Å². The van der Waals surface area contributed by atoms with E-state index in [1.807, 2.05) is 6.07 Å². The molecule has 1 fully saturated rings. The van der Waals surface area contributed by atoms with Crippen LogP contribution >= 0.6 is 0 Å². The van der Waals surface area contributed by atoms with Gasteiger partial charge < -0.3 is 15.8 Å². The van der Waals surface area contributed by atoms with Crippen LogP contribution in [-0.2, 0) is 0 Å².